The first kappa shape index (κ1) is 14.4. The summed E-state index contributed by atoms with van der Waals surface area (Å²) in [5, 5.41) is 0. The summed E-state index contributed by atoms with van der Waals surface area (Å²) in [6.07, 6.45) is 1.23. The second kappa shape index (κ2) is 5.82. The number of nitrogens with zero attached hydrogens (tertiary/aromatic N) is 1. The molecule has 1 amide bonds. The van der Waals surface area contributed by atoms with Gasteiger partial charge in [-0.3, -0.25) is 4.79 Å². The Hall–Kier alpha value is -0.620. The third kappa shape index (κ3) is 4.27. The van der Waals surface area contributed by atoms with E-state index in [1.807, 2.05) is 6.92 Å². The van der Waals surface area contributed by atoms with Crippen LogP contribution >= 0.6 is 0 Å². The Bertz CT molecular complexity index is 367. The van der Waals surface area contributed by atoms with E-state index in [-0.39, 0.29) is 23.5 Å². The van der Waals surface area contributed by atoms with E-state index in [0.717, 1.165) is 6.42 Å². The number of carbonyl (C=O) groups is 1. The summed E-state index contributed by atoms with van der Waals surface area (Å²) in [6.45, 7) is 4.72. The molecule has 0 aromatic rings. The van der Waals surface area contributed by atoms with Gasteiger partial charge in [-0.25, -0.2) is 8.42 Å². The summed E-state index contributed by atoms with van der Waals surface area (Å²) in [7, 11) is -2.95. The molecule has 5 nitrogen and oxygen atoms in total. The molecule has 0 bridgehead atoms. The van der Waals surface area contributed by atoms with E-state index in [0.29, 0.717) is 25.4 Å². The second-order valence-electron chi connectivity index (χ2n) is 4.93. The molecule has 100 valence electrons. The van der Waals surface area contributed by atoms with Gasteiger partial charge in [-0.15, -0.1) is 0 Å². The molecule has 0 saturated carbocycles. The Morgan fingerprint density at radius 1 is 1.53 bits per heavy atom. The SMILES string of the molecule is CC(CN)CCC(=O)N1CCS(=O)(=O)CC1C. The van der Waals surface area contributed by atoms with Crippen LogP contribution in [0.4, 0.5) is 0 Å². The summed E-state index contributed by atoms with van der Waals surface area (Å²) in [5.41, 5.74) is 5.50. The van der Waals surface area contributed by atoms with Crippen LogP contribution in [0.25, 0.3) is 0 Å². The molecule has 0 aromatic heterocycles. The first-order chi connectivity index (χ1) is 7.85. The molecule has 1 aliphatic heterocycles. The van der Waals surface area contributed by atoms with Crippen molar-refractivity contribution in [3.8, 4) is 0 Å². The molecule has 2 unspecified atom stereocenters. The zero-order valence-electron chi connectivity index (χ0n) is 10.6. The minimum atomic E-state index is -2.95. The third-order valence-electron chi connectivity index (χ3n) is 3.24. The number of nitrogens with two attached hydrogens (primary N) is 1. The predicted octanol–water partition coefficient (Wildman–Crippen LogP) is 0.00690. The van der Waals surface area contributed by atoms with Gasteiger partial charge in [0.25, 0.3) is 0 Å². The van der Waals surface area contributed by atoms with Crippen molar-refractivity contribution in [3.05, 3.63) is 0 Å². The average Bonchev–Trinajstić information content (AvgIpc) is 2.24. The lowest BCUT2D eigenvalue weighted by Crippen LogP contribution is -2.49. The lowest BCUT2D eigenvalue weighted by molar-refractivity contribution is -0.133. The fourth-order valence-corrected chi connectivity index (χ4v) is 3.56. The Morgan fingerprint density at radius 2 is 2.18 bits per heavy atom. The van der Waals surface area contributed by atoms with Crippen molar-refractivity contribution in [2.24, 2.45) is 11.7 Å². The molecule has 1 fully saturated rings. The van der Waals surface area contributed by atoms with E-state index in [9.17, 15) is 13.2 Å². The van der Waals surface area contributed by atoms with Crippen LogP contribution < -0.4 is 5.73 Å². The number of sulfone groups is 1. The van der Waals surface area contributed by atoms with Crippen molar-refractivity contribution < 1.29 is 13.2 Å². The maximum atomic E-state index is 11.9. The summed E-state index contributed by atoms with van der Waals surface area (Å²) in [6, 6.07) is -0.200. The first-order valence-corrected chi connectivity index (χ1v) is 7.88. The highest BCUT2D eigenvalue weighted by molar-refractivity contribution is 7.91. The second-order valence-corrected chi connectivity index (χ2v) is 7.16. The molecule has 0 radical (unpaired) electrons. The molecule has 6 heteroatoms. The molecule has 0 aromatic carbocycles. The molecule has 0 aliphatic carbocycles. The van der Waals surface area contributed by atoms with E-state index in [1.165, 1.54) is 0 Å². The molecule has 2 N–H and O–H groups in total. The lowest BCUT2D eigenvalue weighted by Gasteiger charge is -2.33. The van der Waals surface area contributed by atoms with Gasteiger partial charge in [-0.2, -0.15) is 0 Å². The smallest absolute Gasteiger partial charge is 0.222 e. The van der Waals surface area contributed by atoms with Gasteiger partial charge >= 0.3 is 0 Å². The highest BCUT2D eigenvalue weighted by Gasteiger charge is 2.30. The zero-order chi connectivity index (χ0) is 13.1. The Labute approximate surface area is 103 Å². The van der Waals surface area contributed by atoms with Crippen molar-refractivity contribution >= 4 is 15.7 Å². The minimum Gasteiger partial charge on any atom is -0.338 e. The molecule has 1 saturated heterocycles. The van der Waals surface area contributed by atoms with Gasteiger partial charge < -0.3 is 10.6 Å². The van der Waals surface area contributed by atoms with Crippen LogP contribution in [0.1, 0.15) is 26.7 Å². The van der Waals surface area contributed by atoms with Crippen LogP contribution in [0.5, 0.6) is 0 Å². The number of amides is 1. The van der Waals surface area contributed by atoms with Crippen LogP contribution in [0.3, 0.4) is 0 Å². The van der Waals surface area contributed by atoms with E-state index < -0.39 is 9.84 Å². The summed E-state index contributed by atoms with van der Waals surface area (Å²) in [5.74, 6) is 0.566. The lowest BCUT2D eigenvalue weighted by atomic mass is 10.1. The van der Waals surface area contributed by atoms with Gasteiger partial charge in [0.1, 0.15) is 0 Å². The molecule has 1 heterocycles. The van der Waals surface area contributed by atoms with Gasteiger partial charge in [0.15, 0.2) is 9.84 Å². The predicted molar refractivity (Wildman–Crippen MR) is 67.3 cm³/mol. The van der Waals surface area contributed by atoms with E-state index >= 15 is 0 Å². The Morgan fingerprint density at radius 3 is 2.71 bits per heavy atom. The van der Waals surface area contributed by atoms with Crippen LogP contribution in [0.15, 0.2) is 0 Å². The summed E-state index contributed by atoms with van der Waals surface area (Å²) >= 11 is 0. The normalized spacial score (nSPS) is 25.6. The average molecular weight is 262 g/mol. The van der Waals surface area contributed by atoms with Gasteiger partial charge in [0.2, 0.25) is 5.91 Å². The number of rotatable bonds is 4. The number of hydrogen-bond acceptors (Lipinski definition) is 4. The van der Waals surface area contributed by atoms with Gasteiger partial charge in [-0.05, 0) is 25.8 Å². The van der Waals surface area contributed by atoms with Gasteiger partial charge in [-0.1, -0.05) is 6.92 Å². The summed E-state index contributed by atoms with van der Waals surface area (Å²) in [4.78, 5) is 13.6. The van der Waals surface area contributed by atoms with Crippen molar-refractivity contribution in [3.63, 3.8) is 0 Å². The zero-order valence-corrected chi connectivity index (χ0v) is 11.4. The van der Waals surface area contributed by atoms with Crippen molar-refractivity contribution in [2.75, 3.05) is 24.6 Å². The monoisotopic (exact) mass is 262 g/mol. The summed E-state index contributed by atoms with van der Waals surface area (Å²) < 4.78 is 22.8. The maximum absolute atomic E-state index is 11.9. The van der Waals surface area contributed by atoms with E-state index in [4.69, 9.17) is 5.73 Å². The fourth-order valence-electron chi connectivity index (χ4n) is 2.00. The topological polar surface area (TPSA) is 80.5 Å². The van der Waals surface area contributed by atoms with Crippen molar-refractivity contribution in [1.29, 1.82) is 0 Å². The molecular formula is C11H22N2O3S. The fraction of sp³-hybridized carbons (Fsp3) is 0.909. The van der Waals surface area contributed by atoms with Crippen LogP contribution in [-0.2, 0) is 14.6 Å². The molecule has 1 rings (SSSR count). The molecule has 2 atom stereocenters. The molecule has 1 aliphatic rings. The molecule has 17 heavy (non-hydrogen) atoms. The van der Waals surface area contributed by atoms with Crippen molar-refractivity contribution in [2.45, 2.75) is 32.7 Å². The minimum absolute atomic E-state index is 0.0488. The first-order valence-electron chi connectivity index (χ1n) is 6.05. The van der Waals surface area contributed by atoms with Gasteiger partial charge in [0, 0.05) is 19.0 Å². The van der Waals surface area contributed by atoms with E-state index in [2.05, 4.69) is 0 Å². The molecular weight excluding hydrogens is 240 g/mol. The Kier molecular flexibility index (Phi) is 4.94. The highest BCUT2D eigenvalue weighted by atomic mass is 32.2. The molecule has 0 spiro atoms. The quantitative estimate of drug-likeness (QED) is 0.773. The van der Waals surface area contributed by atoms with Crippen LogP contribution in [0.2, 0.25) is 0 Å². The highest BCUT2D eigenvalue weighted by Crippen LogP contribution is 2.14. The largest absolute Gasteiger partial charge is 0.338 e. The third-order valence-corrected chi connectivity index (χ3v) is 5.04. The Balaban J connectivity index is 2.48. The van der Waals surface area contributed by atoms with Crippen LogP contribution in [-0.4, -0.2) is 49.9 Å². The van der Waals surface area contributed by atoms with Crippen LogP contribution in [0, 0.1) is 5.92 Å². The number of carbonyl (C=O) groups excluding carboxylic acids is 1. The number of hydrogen-bond donors (Lipinski definition) is 1. The maximum Gasteiger partial charge on any atom is 0.222 e. The van der Waals surface area contributed by atoms with E-state index in [1.54, 1.807) is 11.8 Å². The van der Waals surface area contributed by atoms with Gasteiger partial charge in [0.05, 0.1) is 11.5 Å². The van der Waals surface area contributed by atoms with Crippen molar-refractivity contribution in [1.82, 2.24) is 4.90 Å². The standard InChI is InChI=1S/C11H22N2O3S/c1-9(7-12)3-4-11(14)13-5-6-17(15,16)8-10(13)2/h9-10H,3-8,12H2,1-2H3.